The number of alkyl halides is 9. The molecule has 3 nitrogen and oxygen atoms in total. The number of carbonyl (C=O) groups excluding carboxylic acids is 1. The molecule has 1 aliphatic rings. The molecule has 0 radical (unpaired) electrons. The summed E-state index contributed by atoms with van der Waals surface area (Å²) in [5.74, 6) is -3.86. The van der Waals surface area contributed by atoms with Gasteiger partial charge in [-0.15, -0.1) is 0 Å². The summed E-state index contributed by atoms with van der Waals surface area (Å²) in [6.45, 7) is 3.14. The lowest BCUT2D eigenvalue weighted by Crippen LogP contribution is -2.57. The topological polar surface area (TPSA) is 35.5 Å². The Hall–Kier alpha value is -1.46. The summed E-state index contributed by atoms with van der Waals surface area (Å²) in [6, 6.07) is 0. The van der Waals surface area contributed by atoms with Gasteiger partial charge in [-0.05, 0) is 0 Å². The molecular weight excluding hydrogens is 351 g/mol. The second-order valence-corrected chi connectivity index (χ2v) is 4.87. The van der Waals surface area contributed by atoms with Crippen LogP contribution in [0.4, 0.5) is 39.5 Å². The average Bonchev–Trinajstić information content (AvgIpc) is 2.64. The van der Waals surface area contributed by atoms with Crippen LogP contribution in [0.2, 0.25) is 0 Å². The number of hydrogen-bond donors (Lipinski definition) is 0. The van der Waals surface area contributed by atoms with Crippen LogP contribution in [0.15, 0.2) is 12.2 Å². The van der Waals surface area contributed by atoms with E-state index in [1.165, 1.54) is 0 Å². The van der Waals surface area contributed by atoms with Crippen molar-refractivity contribution in [2.45, 2.75) is 43.8 Å². The summed E-state index contributed by atoms with van der Waals surface area (Å²) >= 11 is 0. The predicted molar refractivity (Wildman–Crippen MR) is 54.8 cm³/mol. The Balaban J connectivity index is 3.02. The number of esters is 1. The molecule has 0 aromatic carbocycles. The van der Waals surface area contributed by atoms with Crippen molar-refractivity contribution in [3.05, 3.63) is 12.2 Å². The van der Waals surface area contributed by atoms with Gasteiger partial charge in [0.05, 0.1) is 0 Å². The molecule has 0 N–H and O–H groups in total. The second-order valence-electron chi connectivity index (χ2n) is 4.87. The van der Waals surface area contributed by atoms with Crippen molar-refractivity contribution in [1.29, 1.82) is 0 Å². The zero-order chi connectivity index (χ0) is 18.4. The van der Waals surface area contributed by atoms with E-state index in [0.717, 1.165) is 6.92 Å². The van der Waals surface area contributed by atoms with Crippen LogP contribution in [0.3, 0.4) is 0 Å². The molecule has 0 aromatic rings. The van der Waals surface area contributed by atoms with E-state index in [0.29, 0.717) is 0 Å². The molecule has 1 rings (SSSR count). The Labute approximate surface area is 123 Å². The van der Waals surface area contributed by atoms with E-state index in [1.807, 2.05) is 0 Å². The van der Waals surface area contributed by atoms with Crippen LogP contribution in [0.1, 0.15) is 13.3 Å². The van der Waals surface area contributed by atoms with E-state index < -0.39 is 54.3 Å². The number of halogens is 9. The van der Waals surface area contributed by atoms with Gasteiger partial charge in [0.25, 0.3) is 5.60 Å². The van der Waals surface area contributed by atoms with Crippen LogP contribution in [0, 0.1) is 5.92 Å². The smallest absolute Gasteiger partial charge is 0.426 e. The van der Waals surface area contributed by atoms with E-state index in [1.54, 1.807) is 0 Å². The molecule has 2 unspecified atom stereocenters. The molecule has 0 aromatic heterocycles. The second kappa shape index (κ2) is 5.56. The number of carbonyl (C=O) groups is 1. The number of rotatable bonds is 2. The monoisotopic (exact) mass is 360 g/mol. The van der Waals surface area contributed by atoms with Gasteiger partial charge in [0, 0.05) is 12.3 Å². The fourth-order valence-electron chi connectivity index (χ4n) is 1.87. The fraction of sp³-hybridized carbons (Fsp3) is 0.727. The fourth-order valence-corrected chi connectivity index (χ4v) is 1.87. The van der Waals surface area contributed by atoms with E-state index in [9.17, 15) is 44.3 Å². The van der Waals surface area contributed by atoms with Crippen molar-refractivity contribution < 1.29 is 53.8 Å². The highest BCUT2D eigenvalue weighted by Crippen LogP contribution is 2.54. The van der Waals surface area contributed by atoms with Gasteiger partial charge in [0.1, 0.15) is 5.57 Å². The van der Waals surface area contributed by atoms with Crippen LogP contribution < -0.4 is 0 Å². The SMILES string of the molecule is C=C(C(=O)OC1OC(C(F)(F)F)(C(F)(F)F)CC1C)C(F)(F)F. The maximum atomic E-state index is 12.8. The summed E-state index contributed by atoms with van der Waals surface area (Å²) in [5, 5.41) is 0. The highest BCUT2D eigenvalue weighted by Gasteiger charge is 2.76. The summed E-state index contributed by atoms with van der Waals surface area (Å²) in [5.41, 5.74) is -6.70. The number of ether oxygens (including phenoxy) is 2. The minimum Gasteiger partial charge on any atom is -0.432 e. The van der Waals surface area contributed by atoms with Crippen molar-refractivity contribution in [3.8, 4) is 0 Å². The Morgan fingerprint density at radius 3 is 1.83 bits per heavy atom. The van der Waals surface area contributed by atoms with Gasteiger partial charge >= 0.3 is 24.5 Å². The first-order valence-corrected chi connectivity index (χ1v) is 5.81. The van der Waals surface area contributed by atoms with Gasteiger partial charge in [-0.2, -0.15) is 39.5 Å². The van der Waals surface area contributed by atoms with E-state index in [2.05, 4.69) is 16.1 Å². The third kappa shape index (κ3) is 3.56. The molecule has 1 fully saturated rings. The highest BCUT2D eigenvalue weighted by atomic mass is 19.4. The zero-order valence-corrected chi connectivity index (χ0v) is 11.2. The van der Waals surface area contributed by atoms with E-state index in [4.69, 9.17) is 0 Å². The molecule has 23 heavy (non-hydrogen) atoms. The highest BCUT2D eigenvalue weighted by molar-refractivity contribution is 5.89. The summed E-state index contributed by atoms with van der Waals surface area (Å²) in [4.78, 5) is 11.1. The third-order valence-electron chi connectivity index (χ3n) is 3.12. The van der Waals surface area contributed by atoms with Crippen molar-refractivity contribution in [2.75, 3.05) is 0 Å². The maximum Gasteiger partial charge on any atom is 0.426 e. The normalized spacial score (nSPS) is 25.3. The summed E-state index contributed by atoms with van der Waals surface area (Å²) in [7, 11) is 0. The van der Waals surface area contributed by atoms with Gasteiger partial charge in [0.15, 0.2) is 0 Å². The lowest BCUT2D eigenvalue weighted by Gasteiger charge is -2.33. The minimum absolute atomic E-state index is 0.813. The van der Waals surface area contributed by atoms with Crippen molar-refractivity contribution in [1.82, 2.24) is 0 Å². The van der Waals surface area contributed by atoms with Gasteiger partial charge in [-0.3, -0.25) is 0 Å². The molecule has 0 bridgehead atoms. The van der Waals surface area contributed by atoms with E-state index in [-0.39, 0.29) is 0 Å². The quantitative estimate of drug-likeness (QED) is 0.426. The van der Waals surface area contributed by atoms with Gasteiger partial charge in [0.2, 0.25) is 6.29 Å². The molecule has 2 atom stereocenters. The maximum absolute atomic E-state index is 12.8. The molecule has 1 saturated heterocycles. The Morgan fingerprint density at radius 2 is 1.52 bits per heavy atom. The molecule has 0 amide bonds. The van der Waals surface area contributed by atoms with Crippen LogP contribution in [0.25, 0.3) is 0 Å². The third-order valence-corrected chi connectivity index (χ3v) is 3.12. The first-order chi connectivity index (χ1) is 10.0. The summed E-state index contributed by atoms with van der Waals surface area (Å²) in [6.07, 6.45) is -21.2. The van der Waals surface area contributed by atoms with E-state index >= 15 is 0 Å². The van der Waals surface area contributed by atoms with Crippen molar-refractivity contribution in [3.63, 3.8) is 0 Å². The van der Waals surface area contributed by atoms with Gasteiger partial charge in [-0.1, -0.05) is 13.5 Å². The lowest BCUT2D eigenvalue weighted by atomic mass is 9.93. The summed E-state index contributed by atoms with van der Waals surface area (Å²) < 4.78 is 121. The van der Waals surface area contributed by atoms with Crippen molar-refractivity contribution >= 4 is 5.97 Å². The number of hydrogen-bond acceptors (Lipinski definition) is 3. The molecule has 12 heteroatoms. The largest absolute Gasteiger partial charge is 0.432 e. The van der Waals surface area contributed by atoms with Crippen LogP contribution in [-0.4, -0.2) is 36.4 Å². The Bertz CT molecular complexity index is 474. The van der Waals surface area contributed by atoms with Crippen molar-refractivity contribution in [2.24, 2.45) is 5.92 Å². The van der Waals surface area contributed by atoms with Crippen LogP contribution in [-0.2, 0) is 14.3 Å². The van der Waals surface area contributed by atoms with Crippen LogP contribution in [0.5, 0.6) is 0 Å². The molecule has 0 saturated carbocycles. The first-order valence-electron chi connectivity index (χ1n) is 5.81. The molecule has 1 aliphatic heterocycles. The molecular formula is C11H9F9O3. The zero-order valence-electron chi connectivity index (χ0n) is 11.2. The lowest BCUT2D eigenvalue weighted by molar-refractivity contribution is -0.385. The molecule has 0 spiro atoms. The Kier molecular flexibility index (Phi) is 4.74. The predicted octanol–water partition coefficient (Wildman–Crippen LogP) is 3.89. The van der Waals surface area contributed by atoms with Crippen LogP contribution >= 0.6 is 0 Å². The van der Waals surface area contributed by atoms with Gasteiger partial charge < -0.3 is 9.47 Å². The minimum atomic E-state index is -5.90. The Morgan fingerprint density at radius 1 is 1.09 bits per heavy atom. The molecule has 0 aliphatic carbocycles. The molecule has 1 heterocycles. The standard InChI is InChI=1S/C11H9F9O3/c1-4-3-8(10(15,16)17,11(18,19)20)23-7(4)22-6(21)5(2)9(12,13)14/h4,7H,2-3H2,1H3. The average molecular weight is 360 g/mol. The molecule has 134 valence electrons. The first kappa shape index (κ1) is 19.6. The van der Waals surface area contributed by atoms with Gasteiger partial charge in [-0.25, -0.2) is 4.79 Å².